The third-order valence-corrected chi connectivity index (χ3v) is 5.38. The first-order valence-electron chi connectivity index (χ1n) is 7.12. The largest absolute Gasteiger partial charge is 0.468 e. The molecule has 0 amide bonds. The summed E-state index contributed by atoms with van der Waals surface area (Å²) in [7, 11) is 1.49. The maximum Gasteiger partial charge on any atom is 0.325 e. The van der Waals surface area contributed by atoms with Gasteiger partial charge in [-0.2, -0.15) is 11.8 Å². The molecule has 1 atom stereocenters. The first-order chi connectivity index (χ1) is 8.64. The molecule has 0 heterocycles. The van der Waals surface area contributed by atoms with Gasteiger partial charge >= 0.3 is 5.97 Å². The monoisotopic (exact) mass is 271 g/mol. The fraction of sp³-hybridized carbons (Fsp3) is 0.929. The van der Waals surface area contributed by atoms with E-state index in [0.29, 0.717) is 6.04 Å². The minimum absolute atomic E-state index is 0.110. The molecule has 0 bridgehead atoms. The smallest absolute Gasteiger partial charge is 0.325 e. The van der Waals surface area contributed by atoms with E-state index in [0.717, 1.165) is 17.4 Å². The lowest BCUT2D eigenvalue weighted by atomic mass is 9.99. The number of methoxy groups -OCH3 is 1. The number of nitrogens with one attached hydrogen (secondary N) is 1. The van der Waals surface area contributed by atoms with Crippen LogP contribution in [0.2, 0.25) is 0 Å². The van der Waals surface area contributed by atoms with Gasteiger partial charge in [0.2, 0.25) is 0 Å². The van der Waals surface area contributed by atoms with Crippen molar-refractivity contribution >= 4 is 17.7 Å². The molecule has 0 radical (unpaired) electrons. The van der Waals surface area contributed by atoms with Gasteiger partial charge in [-0.3, -0.25) is 10.1 Å². The molecule has 1 unspecified atom stereocenters. The second-order valence-electron chi connectivity index (χ2n) is 5.77. The van der Waals surface area contributed by atoms with E-state index < -0.39 is 5.54 Å². The molecule has 2 rings (SSSR count). The number of hydrogen-bond donors (Lipinski definition) is 1. The maximum atomic E-state index is 11.9. The molecule has 1 N–H and O–H groups in total. The first kappa shape index (κ1) is 14.2. The topological polar surface area (TPSA) is 38.3 Å². The summed E-state index contributed by atoms with van der Waals surface area (Å²) in [6, 6.07) is 0.533. The normalized spacial score (nSPS) is 23.9. The Hall–Kier alpha value is -0.220. The summed E-state index contributed by atoms with van der Waals surface area (Å²) in [4.78, 5) is 11.9. The molecule has 0 aromatic heterocycles. The number of rotatable bonds is 7. The Morgan fingerprint density at radius 3 is 2.56 bits per heavy atom. The molecule has 2 aliphatic rings. The highest BCUT2D eigenvalue weighted by atomic mass is 32.2. The minimum atomic E-state index is -0.485. The van der Waals surface area contributed by atoms with Crippen molar-refractivity contribution in [3.05, 3.63) is 0 Å². The molecule has 2 fully saturated rings. The van der Waals surface area contributed by atoms with Crippen molar-refractivity contribution < 1.29 is 9.53 Å². The van der Waals surface area contributed by atoms with Gasteiger partial charge in [-0.1, -0.05) is 12.8 Å². The van der Waals surface area contributed by atoms with Crippen LogP contribution in [0.4, 0.5) is 0 Å². The average Bonchev–Trinajstić information content (AvgIpc) is 3.01. The van der Waals surface area contributed by atoms with Crippen molar-refractivity contribution in [1.29, 1.82) is 0 Å². The number of thioether (sulfide) groups is 1. The van der Waals surface area contributed by atoms with Gasteiger partial charge in [0, 0.05) is 11.3 Å². The van der Waals surface area contributed by atoms with Crippen molar-refractivity contribution in [1.82, 2.24) is 5.32 Å². The molecular weight excluding hydrogens is 246 g/mol. The van der Waals surface area contributed by atoms with Gasteiger partial charge in [0.15, 0.2) is 0 Å². The van der Waals surface area contributed by atoms with Gasteiger partial charge in [-0.15, -0.1) is 0 Å². The third-order valence-electron chi connectivity index (χ3n) is 3.99. The van der Waals surface area contributed by atoms with Crippen LogP contribution >= 0.6 is 11.8 Å². The van der Waals surface area contributed by atoms with E-state index in [1.165, 1.54) is 45.6 Å². The number of carbonyl (C=O) groups excluding carboxylic acids is 1. The molecule has 0 spiro atoms. The summed E-state index contributed by atoms with van der Waals surface area (Å²) < 4.78 is 4.96. The molecule has 2 aliphatic carbocycles. The van der Waals surface area contributed by atoms with Crippen LogP contribution in [0.5, 0.6) is 0 Å². The van der Waals surface area contributed by atoms with E-state index in [-0.39, 0.29) is 5.97 Å². The molecule has 104 valence electrons. The predicted octanol–water partition coefficient (Wildman–Crippen LogP) is 2.74. The summed E-state index contributed by atoms with van der Waals surface area (Å²) in [6.45, 7) is 1.99. The highest BCUT2D eigenvalue weighted by Gasteiger charge is 2.39. The molecule has 18 heavy (non-hydrogen) atoms. The fourth-order valence-electron chi connectivity index (χ4n) is 2.62. The SMILES string of the molecule is COC(=O)C(C)(CCSC1CCCC1)NC1CC1. The fourth-order valence-corrected chi connectivity index (χ4v) is 4.15. The number of ether oxygens (including phenoxy) is 1. The molecule has 0 saturated heterocycles. The van der Waals surface area contributed by atoms with Crippen LogP contribution in [0.1, 0.15) is 51.9 Å². The number of hydrogen-bond acceptors (Lipinski definition) is 4. The summed E-state index contributed by atoms with van der Waals surface area (Å²) in [5, 5.41) is 4.28. The lowest BCUT2D eigenvalue weighted by Crippen LogP contribution is -2.51. The highest BCUT2D eigenvalue weighted by molar-refractivity contribution is 7.99. The Bertz CT molecular complexity index is 288. The second-order valence-corrected chi connectivity index (χ2v) is 7.18. The van der Waals surface area contributed by atoms with Gasteiger partial charge in [0.1, 0.15) is 5.54 Å². The Morgan fingerprint density at radius 1 is 1.33 bits per heavy atom. The Balaban J connectivity index is 1.78. The standard InChI is InChI=1S/C14H25NO2S/c1-14(13(16)17-2,15-11-7-8-11)9-10-18-12-5-3-4-6-12/h11-12,15H,3-10H2,1-2H3. The minimum Gasteiger partial charge on any atom is -0.468 e. The second kappa shape index (κ2) is 6.29. The summed E-state index contributed by atoms with van der Waals surface area (Å²) in [5.41, 5.74) is -0.485. The van der Waals surface area contributed by atoms with Gasteiger partial charge < -0.3 is 4.74 Å². The molecule has 3 nitrogen and oxygen atoms in total. The van der Waals surface area contributed by atoms with Crippen LogP contribution in [0.25, 0.3) is 0 Å². The summed E-state index contributed by atoms with van der Waals surface area (Å²) in [5.74, 6) is 0.942. The van der Waals surface area contributed by atoms with Crippen LogP contribution in [0.3, 0.4) is 0 Å². The predicted molar refractivity (Wildman–Crippen MR) is 75.9 cm³/mol. The van der Waals surface area contributed by atoms with E-state index in [1.54, 1.807) is 0 Å². The van der Waals surface area contributed by atoms with E-state index in [4.69, 9.17) is 4.74 Å². The molecule has 4 heteroatoms. The van der Waals surface area contributed by atoms with Crippen LogP contribution in [0.15, 0.2) is 0 Å². The molecule has 2 saturated carbocycles. The van der Waals surface area contributed by atoms with Crippen molar-refractivity contribution in [3.63, 3.8) is 0 Å². The Kier molecular flexibility index (Phi) is 4.96. The summed E-state index contributed by atoms with van der Waals surface area (Å²) in [6.07, 6.45) is 8.74. The summed E-state index contributed by atoms with van der Waals surface area (Å²) >= 11 is 2.04. The molecule has 0 aromatic rings. The van der Waals surface area contributed by atoms with Crippen LogP contribution in [-0.4, -0.2) is 35.7 Å². The van der Waals surface area contributed by atoms with E-state index in [1.807, 2.05) is 18.7 Å². The molecular formula is C14H25NO2S. The Labute approximate surface area is 114 Å². The van der Waals surface area contributed by atoms with Gasteiger partial charge in [-0.25, -0.2) is 0 Å². The zero-order valence-electron chi connectivity index (χ0n) is 11.5. The molecule has 0 aliphatic heterocycles. The third kappa shape index (κ3) is 3.89. The first-order valence-corrected chi connectivity index (χ1v) is 8.16. The van der Waals surface area contributed by atoms with Gasteiger partial charge in [-0.05, 0) is 44.8 Å². The van der Waals surface area contributed by atoms with Crippen LogP contribution in [-0.2, 0) is 9.53 Å². The highest BCUT2D eigenvalue weighted by Crippen LogP contribution is 2.32. The number of esters is 1. The van der Waals surface area contributed by atoms with Gasteiger partial charge in [0.25, 0.3) is 0 Å². The quantitative estimate of drug-likeness (QED) is 0.723. The van der Waals surface area contributed by atoms with Crippen LogP contribution in [0, 0.1) is 0 Å². The van der Waals surface area contributed by atoms with E-state index in [2.05, 4.69) is 5.32 Å². The lowest BCUT2D eigenvalue weighted by Gasteiger charge is -2.28. The maximum absolute atomic E-state index is 11.9. The van der Waals surface area contributed by atoms with Crippen molar-refractivity contribution in [3.8, 4) is 0 Å². The zero-order valence-corrected chi connectivity index (χ0v) is 12.4. The van der Waals surface area contributed by atoms with Gasteiger partial charge in [0.05, 0.1) is 7.11 Å². The zero-order chi connectivity index (χ0) is 13.0. The Morgan fingerprint density at radius 2 is 2.00 bits per heavy atom. The van der Waals surface area contributed by atoms with Crippen LogP contribution < -0.4 is 5.32 Å². The molecule has 0 aromatic carbocycles. The van der Waals surface area contributed by atoms with Crippen molar-refractivity contribution in [2.75, 3.05) is 12.9 Å². The van der Waals surface area contributed by atoms with E-state index in [9.17, 15) is 4.79 Å². The van der Waals surface area contributed by atoms with E-state index >= 15 is 0 Å². The van der Waals surface area contributed by atoms with Crippen molar-refractivity contribution in [2.24, 2.45) is 0 Å². The lowest BCUT2D eigenvalue weighted by molar-refractivity contribution is -0.148. The number of carbonyl (C=O) groups is 1. The average molecular weight is 271 g/mol. The van der Waals surface area contributed by atoms with Crippen molar-refractivity contribution in [2.45, 2.75) is 68.7 Å².